The molecule has 0 radical (unpaired) electrons. The maximum atomic E-state index is 6.37. The number of anilines is 6. The second-order valence-electron chi connectivity index (χ2n) is 13.0. The molecular formula is C48H32N2OS. The van der Waals surface area contributed by atoms with E-state index >= 15 is 0 Å². The van der Waals surface area contributed by atoms with Crippen molar-refractivity contribution in [3.63, 3.8) is 0 Å². The molecular weight excluding hydrogens is 653 g/mol. The topological polar surface area (TPSA) is 19.6 Å². The van der Waals surface area contributed by atoms with Crippen molar-refractivity contribution in [2.45, 2.75) is 0 Å². The Morgan fingerprint density at radius 2 is 0.731 bits per heavy atom. The Morgan fingerprint density at radius 3 is 1.35 bits per heavy atom. The fourth-order valence-corrected chi connectivity index (χ4v) is 8.54. The molecule has 0 unspecified atom stereocenters. The van der Waals surface area contributed by atoms with Gasteiger partial charge < -0.3 is 14.2 Å². The van der Waals surface area contributed by atoms with Crippen molar-refractivity contribution in [1.82, 2.24) is 0 Å². The number of rotatable bonds is 7. The second-order valence-corrected chi connectivity index (χ2v) is 14.1. The van der Waals surface area contributed by atoms with E-state index in [1.54, 1.807) is 0 Å². The first-order chi connectivity index (χ1) is 25.8. The molecule has 0 aliphatic heterocycles. The molecule has 0 saturated carbocycles. The van der Waals surface area contributed by atoms with Gasteiger partial charge in [-0.3, -0.25) is 0 Å². The summed E-state index contributed by atoms with van der Waals surface area (Å²) < 4.78 is 8.86. The molecule has 0 aliphatic rings. The Morgan fingerprint density at radius 1 is 0.308 bits per heavy atom. The Labute approximate surface area is 305 Å². The summed E-state index contributed by atoms with van der Waals surface area (Å²) in [7, 11) is 0. The smallest absolute Gasteiger partial charge is 0.137 e. The minimum atomic E-state index is 0.876. The average molecular weight is 685 g/mol. The highest BCUT2D eigenvalue weighted by molar-refractivity contribution is 7.25. The molecule has 8 aromatic carbocycles. The van der Waals surface area contributed by atoms with Gasteiger partial charge in [-0.2, -0.15) is 0 Å². The van der Waals surface area contributed by atoms with Crippen molar-refractivity contribution in [2.24, 2.45) is 0 Å². The Bertz CT molecular complexity index is 2800. The van der Waals surface area contributed by atoms with Crippen LogP contribution >= 0.6 is 11.3 Å². The number of benzene rings is 8. The number of nitrogens with zero attached hydrogens (tertiary/aromatic N) is 2. The van der Waals surface area contributed by atoms with E-state index in [9.17, 15) is 0 Å². The lowest BCUT2D eigenvalue weighted by atomic mass is 10.0. The summed E-state index contributed by atoms with van der Waals surface area (Å²) in [6.07, 6.45) is 0. The fourth-order valence-electron chi connectivity index (χ4n) is 7.37. The highest BCUT2D eigenvalue weighted by Crippen LogP contribution is 2.44. The van der Waals surface area contributed by atoms with Gasteiger partial charge in [0.1, 0.15) is 11.2 Å². The van der Waals surface area contributed by atoms with Crippen LogP contribution in [0.25, 0.3) is 53.2 Å². The molecule has 2 heterocycles. The molecule has 52 heavy (non-hydrogen) atoms. The lowest BCUT2D eigenvalue weighted by molar-refractivity contribution is 0.669. The maximum Gasteiger partial charge on any atom is 0.137 e. The van der Waals surface area contributed by atoms with Crippen LogP contribution < -0.4 is 9.80 Å². The van der Waals surface area contributed by atoms with Crippen LogP contribution in [0.4, 0.5) is 34.1 Å². The van der Waals surface area contributed by atoms with Crippen LogP contribution in [0.5, 0.6) is 0 Å². The number of hydrogen-bond donors (Lipinski definition) is 0. The maximum absolute atomic E-state index is 6.37. The lowest BCUT2D eigenvalue weighted by Crippen LogP contribution is -2.09. The molecule has 0 atom stereocenters. The third-order valence-electron chi connectivity index (χ3n) is 9.84. The van der Waals surface area contributed by atoms with Crippen molar-refractivity contribution in [1.29, 1.82) is 0 Å². The standard InChI is InChI=1S/C48H32N2OS/c1-4-12-33(13-5-1)34-20-22-37(23-21-34)50(38-24-27-42-41-18-10-11-19-45(41)51-46(42)30-38)40-26-29-44-43-28-25-39(31-47(43)52-48(44)32-40)49(35-14-6-2-7-15-35)36-16-8-3-9-17-36/h1-32H. The van der Waals surface area contributed by atoms with Gasteiger partial charge in [0.15, 0.2) is 0 Å². The van der Waals surface area contributed by atoms with Crippen LogP contribution in [-0.4, -0.2) is 0 Å². The Kier molecular flexibility index (Phi) is 7.33. The van der Waals surface area contributed by atoms with Crippen LogP contribution in [0, 0.1) is 0 Å². The number of fused-ring (bicyclic) bond motifs is 6. The number of furan rings is 1. The minimum absolute atomic E-state index is 0.876. The zero-order chi connectivity index (χ0) is 34.4. The van der Waals surface area contributed by atoms with E-state index in [1.165, 1.54) is 31.3 Å². The molecule has 246 valence electrons. The van der Waals surface area contributed by atoms with Gasteiger partial charge in [0, 0.05) is 71.1 Å². The molecule has 3 nitrogen and oxygen atoms in total. The van der Waals surface area contributed by atoms with E-state index in [2.05, 4.69) is 192 Å². The molecule has 10 rings (SSSR count). The first kappa shape index (κ1) is 30.2. The molecule has 0 aliphatic carbocycles. The van der Waals surface area contributed by atoms with Gasteiger partial charge in [0.2, 0.25) is 0 Å². The molecule has 0 N–H and O–H groups in total. The summed E-state index contributed by atoms with van der Waals surface area (Å²) in [5, 5.41) is 4.77. The zero-order valence-electron chi connectivity index (χ0n) is 28.2. The summed E-state index contributed by atoms with van der Waals surface area (Å²) in [5.41, 5.74) is 10.8. The monoisotopic (exact) mass is 684 g/mol. The molecule has 2 aromatic heterocycles. The van der Waals surface area contributed by atoms with E-state index in [4.69, 9.17) is 4.42 Å². The predicted molar refractivity (Wildman–Crippen MR) is 221 cm³/mol. The van der Waals surface area contributed by atoms with Gasteiger partial charge in [-0.15, -0.1) is 11.3 Å². The molecule has 4 heteroatoms. The van der Waals surface area contributed by atoms with E-state index in [-0.39, 0.29) is 0 Å². The van der Waals surface area contributed by atoms with Crippen LogP contribution in [0.3, 0.4) is 0 Å². The summed E-state index contributed by atoms with van der Waals surface area (Å²) in [6.45, 7) is 0. The quantitative estimate of drug-likeness (QED) is 0.167. The molecule has 0 amide bonds. The third-order valence-corrected chi connectivity index (χ3v) is 11.0. The average Bonchev–Trinajstić information content (AvgIpc) is 3.77. The van der Waals surface area contributed by atoms with Gasteiger partial charge in [0.05, 0.1) is 0 Å². The van der Waals surface area contributed by atoms with Gasteiger partial charge in [-0.05, 0) is 90.0 Å². The summed E-state index contributed by atoms with van der Waals surface area (Å²) in [6, 6.07) is 69.1. The third kappa shape index (κ3) is 5.29. The van der Waals surface area contributed by atoms with Crippen LogP contribution in [0.15, 0.2) is 199 Å². The van der Waals surface area contributed by atoms with Crippen molar-refractivity contribution < 1.29 is 4.42 Å². The highest BCUT2D eigenvalue weighted by Gasteiger charge is 2.19. The molecule has 0 fully saturated rings. The predicted octanol–water partition coefficient (Wildman–Crippen LogP) is 14.6. The first-order valence-corrected chi connectivity index (χ1v) is 18.3. The van der Waals surface area contributed by atoms with Crippen LogP contribution in [0.1, 0.15) is 0 Å². The van der Waals surface area contributed by atoms with Gasteiger partial charge in [0.25, 0.3) is 0 Å². The SMILES string of the molecule is c1ccc(-c2ccc(N(c3ccc4c(c3)oc3ccccc34)c3ccc4c(c3)sc3cc(N(c5ccccc5)c5ccccc5)ccc34)cc2)cc1. The molecule has 0 bridgehead atoms. The zero-order valence-corrected chi connectivity index (χ0v) is 29.0. The van der Waals surface area contributed by atoms with Crippen molar-refractivity contribution in [3.05, 3.63) is 194 Å². The molecule has 0 saturated heterocycles. The number of hydrogen-bond acceptors (Lipinski definition) is 4. The Hall–Kier alpha value is -6.62. The summed E-state index contributed by atoms with van der Waals surface area (Å²) in [5.74, 6) is 0. The minimum Gasteiger partial charge on any atom is -0.456 e. The van der Waals surface area contributed by atoms with Crippen molar-refractivity contribution in [2.75, 3.05) is 9.80 Å². The van der Waals surface area contributed by atoms with Crippen molar-refractivity contribution >= 4 is 87.6 Å². The molecule has 10 aromatic rings. The van der Waals surface area contributed by atoms with E-state index in [0.717, 1.165) is 56.1 Å². The second kappa shape index (κ2) is 12.6. The lowest BCUT2D eigenvalue weighted by Gasteiger charge is -2.26. The van der Waals surface area contributed by atoms with E-state index in [0.29, 0.717) is 0 Å². The highest BCUT2D eigenvalue weighted by atomic mass is 32.1. The van der Waals surface area contributed by atoms with E-state index in [1.807, 2.05) is 23.5 Å². The van der Waals surface area contributed by atoms with Gasteiger partial charge in [-0.25, -0.2) is 0 Å². The van der Waals surface area contributed by atoms with Gasteiger partial charge >= 0.3 is 0 Å². The van der Waals surface area contributed by atoms with Crippen molar-refractivity contribution in [3.8, 4) is 11.1 Å². The largest absolute Gasteiger partial charge is 0.456 e. The normalized spacial score (nSPS) is 11.5. The Balaban J connectivity index is 1.10. The molecule has 0 spiro atoms. The van der Waals surface area contributed by atoms with E-state index < -0.39 is 0 Å². The fraction of sp³-hybridized carbons (Fsp3) is 0. The number of thiophene rings is 1. The van der Waals surface area contributed by atoms with Gasteiger partial charge in [-0.1, -0.05) is 109 Å². The summed E-state index contributed by atoms with van der Waals surface area (Å²) >= 11 is 1.84. The van der Waals surface area contributed by atoms with Crippen LogP contribution in [-0.2, 0) is 0 Å². The first-order valence-electron chi connectivity index (χ1n) is 17.5. The summed E-state index contributed by atoms with van der Waals surface area (Å²) in [4.78, 5) is 4.66. The van der Waals surface area contributed by atoms with Crippen LogP contribution in [0.2, 0.25) is 0 Å². The number of para-hydroxylation sites is 3.